The molecule has 0 aliphatic carbocycles. The van der Waals surface area contributed by atoms with Crippen molar-refractivity contribution >= 4 is 0 Å². The summed E-state index contributed by atoms with van der Waals surface area (Å²) in [5, 5.41) is 3.72. The molecule has 0 aromatic rings. The van der Waals surface area contributed by atoms with Gasteiger partial charge in [0.05, 0.1) is 11.2 Å². The standard InChI is InChI=1S/C16H33NO/c1-9-17-14(12(4)11(2)3)13-10-15(5,6)18-16(13,7)8/h11-14,17H,9-10H2,1-8H3. The lowest BCUT2D eigenvalue weighted by Crippen LogP contribution is -2.49. The van der Waals surface area contributed by atoms with Crippen LogP contribution in [0.2, 0.25) is 0 Å². The van der Waals surface area contributed by atoms with Crippen LogP contribution >= 0.6 is 0 Å². The summed E-state index contributed by atoms with van der Waals surface area (Å²) >= 11 is 0. The van der Waals surface area contributed by atoms with E-state index < -0.39 is 0 Å². The van der Waals surface area contributed by atoms with E-state index in [1.165, 1.54) is 0 Å². The second-order valence-electron chi connectivity index (χ2n) is 7.46. The van der Waals surface area contributed by atoms with E-state index in [-0.39, 0.29) is 11.2 Å². The summed E-state index contributed by atoms with van der Waals surface area (Å²) in [4.78, 5) is 0. The number of rotatable bonds is 5. The van der Waals surface area contributed by atoms with E-state index in [0.717, 1.165) is 13.0 Å². The Kier molecular flexibility index (Phi) is 4.88. The molecule has 0 spiro atoms. The Morgan fingerprint density at radius 2 is 1.72 bits per heavy atom. The minimum Gasteiger partial charge on any atom is -0.369 e. The maximum Gasteiger partial charge on any atom is 0.0677 e. The molecule has 0 aromatic heterocycles. The van der Waals surface area contributed by atoms with Gasteiger partial charge in [-0.15, -0.1) is 0 Å². The van der Waals surface area contributed by atoms with Crippen molar-refractivity contribution in [3.8, 4) is 0 Å². The zero-order valence-electron chi connectivity index (χ0n) is 13.6. The van der Waals surface area contributed by atoms with Gasteiger partial charge in [-0.25, -0.2) is 0 Å². The molecule has 3 unspecified atom stereocenters. The first-order valence-corrected chi connectivity index (χ1v) is 7.54. The molecule has 2 heteroatoms. The molecule has 108 valence electrons. The van der Waals surface area contributed by atoms with Crippen molar-refractivity contribution in [2.75, 3.05) is 6.54 Å². The van der Waals surface area contributed by atoms with Gasteiger partial charge >= 0.3 is 0 Å². The lowest BCUT2D eigenvalue weighted by Gasteiger charge is -2.38. The molecule has 1 aliphatic heterocycles. The molecule has 0 saturated carbocycles. The number of hydrogen-bond donors (Lipinski definition) is 1. The Labute approximate surface area is 114 Å². The van der Waals surface area contributed by atoms with Crippen molar-refractivity contribution in [3.63, 3.8) is 0 Å². The van der Waals surface area contributed by atoms with Crippen LogP contribution in [-0.4, -0.2) is 23.8 Å². The average Bonchev–Trinajstić information content (AvgIpc) is 2.42. The highest BCUT2D eigenvalue weighted by Gasteiger charge is 2.50. The Morgan fingerprint density at radius 3 is 2.06 bits per heavy atom. The Morgan fingerprint density at radius 1 is 1.17 bits per heavy atom. The number of ether oxygens (including phenoxy) is 1. The summed E-state index contributed by atoms with van der Waals surface area (Å²) in [5.74, 6) is 1.96. The zero-order chi connectivity index (χ0) is 14.1. The summed E-state index contributed by atoms with van der Waals surface area (Å²) in [6, 6.07) is 0.548. The lowest BCUT2D eigenvalue weighted by atomic mass is 9.74. The summed E-state index contributed by atoms with van der Waals surface area (Å²) < 4.78 is 6.27. The largest absolute Gasteiger partial charge is 0.369 e. The second kappa shape index (κ2) is 5.50. The van der Waals surface area contributed by atoms with Crippen LogP contribution in [-0.2, 0) is 4.74 Å². The molecule has 1 heterocycles. The predicted molar refractivity (Wildman–Crippen MR) is 78.8 cm³/mol. The van der Waals surface area contributed by atoms with Gasteiger partial charge in [0.15, 0.2) is 0 Å². The quantitative estimate of drug-likeness (QED) is 0.805. The first kappa shape index (κ1) is 16.0. The summed E-state index contributed by atoms with van der Waals surface area (Å²) in [5.41, 5.74) is -0.0158. The van der Waals surface area contributed by atoms with Crippen molar-refractivity contribution in [2.45, 2.75) is 79.1 Å². The van der Waals surface area contributed by atoms with Crippen molar-refractivity contribution in [3.05, 3.63) is 0 Å². The number of hydrogen-bond acceptors (Lipinski definition) is 2. The van der Waals surface area contributed by atoms with Crippen molar-refractivity contribution in [2.24, 2.45) is 17.8 Å². The number of nitrogens with one attached hydrogen (secondary N) is 1. The highest BCUT2D eigenvalue weighted by molar-refractivity contribution is 5.01. The fourth-order valence-electron chi connectivity index (χ4n) is 3.51. The average molecular weight is 255 g/mol. The van der Waals surface area contributed by atoms with Crippen molar-refractivity contribution in [1.82, 2.24) is 5.32 Å². The van der Waals surface area contributed by atoms with Crippen molar-refractivity contribution in [1.29, 1.82) is 0 Å². The topological polar surface area (TPSA) is 21.3 Å². The van der Waals surface area contributed by atoms with Crippen LogP contribution in [0.25, 0.3) is 0 Å². The first-order valence-electron chi connectivity index (χ1n) is 7.54. The Bertz CT molecular complexity index is 270. The van der Waals surface area contributed by atoms with Gasteiger partial charge in [0, 0.05) is 12.0 Å². The van der Waals surface area contributed by atoms with Gasteiger partial charge in [0.1, 0.15) is 0 Å². The third-order valence-corrected chi connectivity index (χ3v) is 4.64. The Balaban J connectivity index is 2.92. The van der Waals surface area contributed by atoms with E-state index in [4.69, 9.17) is 4.74 Å². The van der Waals surface area contributed by atoms with Gasteiger partial charge in [-0.2, -0.15) is 0 Å². The summed E-state index contributed by atoms with van der Waals surface area (Å²) in [6.07, 6.45) is 1.15. The molecule has 1 saturated heterocycles. The van der Waals surface area contributed by atoms with Crippen LogP contribution in [0.5, 0.6) is 0 Å². The monoisotopic (exact) mass is 255 g/mol. The Hall–Kier alpha value is -0.0800. The van der Waals surface area contributed by atoms with Crippen LogP contribution < -0.4 is 5.32 Å². The van der Waals surface area contributed by atoms with E-state index in [9.17, 15) is 0 Å². The van der Waals surface area contributed by atoms with Crippen LogP contribution in [0, 0.1) is 17.8 Å². The highest BCUT2D eigenvalue weighted by atomic mass is 16.5. The van der Waals surface area contributed by atoms with Crippen LogP contribution in [0.15, 0.2) is 0 Å². The maximum atomic E-state index is 6.27. The molecular formula is C16H33NO. The van der Waals surface area contributed by atoms with E-state index in [1.54, 1.807) is 0 Å². The predicted octanol–water partition coefficient (Wildman–Crippen LogP) is 3.85. The van der Waals surface area contributed by atoms with E-state index in [0.29, 0.717) is 23.8 Å². The normalized spacial score (nSPS) is 29.5. The molecule has 1 aliphatic rings. The minimum atomic E-state index is -0.0283. The summed E-state index contributed by atoms with van der Waals surface area (Å²) in [7, 11) is 0. The third kappa shape index (κ3) is 3.48. The van der Waals surface area contributed by atoms with Gasteiger partial charge in [-0.3, -0.25) is 0 Å². The van der Waals surface area contributed by atoms with E-state index in [2.05, 4.69) is 60.7 Å². The SMILES string of the molecule is CCNC(C(C)C(C)C)C1CC(C)(C)OC1(C)C. The molecule has 1 rings (SSSR count). The van der Waals surface area contributed by atoms with Gasteiger partial charge in [-0.1, -0.05) is 27.7 Å². The van der Waals surface area contributed by atoms with Crippen LogP contribution in [0.3, 0.4) is 0 Å². The molecule has 0 amide bonds. The zero-order valence-corrected chi connectivity index (χ0v) is 13.6. The molecular weight excluding hydrogens is 222 g/mol. The van der Waals surface area contributed by atoms with Gasteiger partial charge in [0.2, 0.25) is 0 Å². The molecule has 1 fully saturated rings. The van der Waals surface area contributed by atoms with Crippen molar-refractivity contribution < 1.29 is 4.74 Å². The molecule has 0 aromatic carbocycles. The van der Waals surface area contributed by atoms with Crippen LogP contribution in [0.4, 0.5) is 0 Å². The third-order valence-electron chi connectivity index (χ3n) is 4.64. The molecule has 0 bridgehead atoms. The van der Waals surface area contributed by atoms with Gasteiger partial charge < -0.3 is 10.1 Å². The van der Waals surface area contributed by atoms with Gasteiger partial charge in [-0.05, 0) is 52.5 Å². The van der Waals surface area contributed by atoms with E-state index >= 15 is 0 Å². The fourth-order valence-corrected chi connectivity index (χ4v) is 3.51. The fraction of sp³-hybridized carbons (Fsp3) is 1.00. The lowest BCUT2D eigenvalue weighted by molar-refractivity contribution is -0.0799. The first-order chi connectivity index (χ1) is 8.10. The second-order valence-corrected chi connectivity index (χ2v) is 7.46. The molecule has 3 atom stereocenters. The van der Waals surface area contributed by atoms with Crippen LogP contribution in [0.1, 0.15) is 61.8 Å². The minimum absolute atomic E-state index is 0.0124. The molecule has 1 N–H and O–H groups in total. The molecule has 2 nitrogen and oxygen atoms in total. The summed E-state index contributed by atoms with van der Waals surface area (Å²) in [6.45, 7) is 19.2. The van der Waals surface area contributed by atoms with Gasteiger partial charge in [0.25, 0.3) is 0 Å². The molecule has 0 radical (unpaired) electrons. The molecule has 18 heavy (non-hydrogen) atoms. The van der Waals surface area contributed by atoms with E-state index in [1.807, 2.05) is 0 Å². The highest BCUT2D eigenvalue weighted by Crippen LogP contribution is 2.45. The maximum absolute atomic E-state index is 6.27. The smallest absolute Gasteiger partial charge is 0.0677 e.